The zero-order chi connectivity index (χ0) is 20.2. The summed E-state index contributed by atoms with van der Waals surface area (Å²) in [5.74, 6) is -0.106. The van der Waals surface area contributed by atoms with Crippen molar-refractivity contribution in [3.05, 3.63) is 83.7 Å². The minimum atomic E-state index is -0.257. The van der Waals surface area contributed by atoms with Crippen LogP contribution in [0, 0.1) is 11.7 Å². The molecule has 1 saturated heterocycles. The molecule has 1 aliphatic heterocycles. The first-order chi connectivity index (χ1) is 14.1. The fourth-order valence-electron chi connectivity index (χ4n) is 4.30. The molecule has 3 aromatic carbocycles. The van der Waals surface area contributed by atoms with Gasteiger partial charge in [-0.25, -0.2) is 4.39 Å². The third kappa shape index (κ3) is 4.48. The van der Waals surface area contributed by atoms with Gasteiger partial charge in [0.25, 0.3) is 0 Å². The van der Waals surface area contributed by atoms with Gasteiger partial charge in [-0.1, -0.05) is 54.6 Å². The van der Waals surface area contributed by atoms with Gasteiger partial charge in [0, 0.05) is 18.5 Å². The van der Waals surface area contributed by atoms with Gasteiger partial charge in [0.1, 0.15) is 5.82 Å². The molecule has 0 radical (unpaired) electrons. The molecule has 1 N–H and O–H groups in total. The number of benzene rings is 3. The first-order valence-corrected chi connectivity index (χ1v) is 10.4. The highest BCUT2D eigenvalue weighted by molar-refractivity contribution is 5.86. The monoisotopic (exact) mass is 390 g/mol. The lowest BCUT2D eigenvalue weighted by Gasteiger charge is -2.36. The lowest BCUT2D eigenvalue weighted by molar-refractivity contribution is -0.126. The number of rotatable bonds is 5. The smallest absolute Gasteiger partial charge is 0.223 e. The van der Waals surface area contributed by atoms with E-state index in [0.717, 1.165) is 31.5 Å². The number of amides is 1. The van der Waals surface area contributed by atoms with Crippen molar-refractivity contribution >= 4 is 16.7 Å². The molecule has 1 aliphatic rings. The Kier molecular flexibility index (Phi) is 5.91. The fraction of sp³-hybridized carbons (Fsp3) is 0.320. The van der Waals surface area contributed by atoms with Crippen molar-refractivity contribution in [2.24, 2.45) is 5.92 Å². The normalized spacial score (nSPS) is 16.6. The van der Waals surface area contributed by atoms with Crippen molar-refractivity contribution in [1.82, 2.24) is 10.2 Å². The molecular weight excluding hydrogens is 363 g/mol. The van der Waals surface area contributed by atoms with Crippen LogP contribution in [0.2, 0.25) is 0 Å². The number of hydrogen-bond donors (Lipinski definition) is 1. The Labute approximate surface area is 171 Å². The molecule has 1 amide bonds. The number of likely N-dealkylation sites (tertiary alicyclic amines) is 1. The topological polar surface area (TPSA) is 32.3 Å². The van der Waals surface area contributed by atoms with Gasteiger partial charge in [-0.05, 0) is 66.9 Å². The van der Waals surface area contributed by atoms with E-state index in [-0.39, 0.29) is 17.6 Å². The summed E-state index contributed by atoms with van der Waals surface area (Å²) in [6, 6.07) is 21.6. The quantitative estimate of drug-likeness (QED) is 0.660. The van der Waals surface area contributed by atoms with Crippen LogP contribution in [0.3, 0.4) is 0 Å². The number of nitrogens with one attached hydrogen (secondary N) is 1. The maximum absolute atomic E-state index is 13.0. The molecule has 0 unspecified atom stereocenters. The predicted octanol–water partition coefficient (Wildman–Crippen LogP) is 5.07. The Morgan fingerprint density at radius 2 is 1.72 bits per heavy atom. The Morgan fingerprint density at radius 1 is 1.03 bits per heavy atom. The Morgan fingerprint density at radius 3 is 2.48 bits per heavy atom. The number of nitrogens with zero attached hydrogens (tertiary/aromatic N) is 1. The summed E-state index contributed by atoms with van der Waals surface area (Å²) in [4.78, 5) is 15.0. The van der Waals surface area contributed by atoms with Gasteiger partial charge < -0.3 is 5.32 Å². The van der Waals surface area contributed by atoms with Gasteiger partial charge in [0.2, 0.25) is 5.91 Å². The summed E-state index contributed by atoms with van der Waals surface area (Å²) in [6.45, 7) is 4.54. The van der Waals surface area contributed by atoms with E-state index in [9.17, 15) is 9.18 Å². The largest absolute Gasteiger partial charge is 0.352 e. The molecule has 0 spiro atoms. The molecule has 29 heavy (non-hydrogen) atoms. The molecule has 3 nitrogen and oxygen atoms in total. The summed E-state index contributed by atoms with van der Waals surface area (Å²) in [6.07, 6.45) is 1.73. The first-order valence-electron chi connectivity index (χ1n) is 10.4. The van der Waals surface area contributed by atoms with E-state index in [4.69, 9.17) is 0 Å². The second-order valence-electron chi connectivity index (χ2n) is 7.90. The molecule has 4 heteroatoms. The van der Waals surface area contributed by atoms with Crippen molar-refractivity contribution in [3.63, 3.8) is 0 Å². The van der Waals surface area contributed by atoms with E-state index in [0.29, 0.717) is 12.6 Å². The van der Waals surface area contributed by atoms with E-state index in [2.05, 4.69) is 59.6 Å². The zero-order valence-corrected chi connectivity index (χ0v) is 16.8. The molecular formula is C25H27FN2O. The van der Waals surface area contributed by atoms with E-state index in [1.54, 1.807) is 12.1 Å². The predicted molar refractivity (Wildman–Crippen MR) is 115 cm³/mol. The van der Waals surface area contributed by atoms with Crippen molar-refractivity contribution in [2.45, 2.75) is 32.4 Å². The number of carbonyl (C=O) groups is 1. The lowest BCUT2D eigenvalue weighted by atomic mass is 9.92. The number of fused-ring (bicyclic) bond motifs is 1. The van der Waals surface area contributed by atoms with Crippen LogP contribution in [0.1, 0.15) is 36.9 Å². The minimum Gasteiger partial charge on any atom is -0.352 e. The SMILES string of the molecule is C[C@H](c1cccc2ccccc12)N1CCC(C(=O)NCc2ccc(F)cc2)CC1. The first kappa shape index (κ1) is 19.6. The highest BCUT2D eigenvalue weighted by Gasteiger charge is 2.28. The molecule has 1 atom stereocenters. The summed E-state index contributed by atoms with van der Waals surface area (Å²) < 4.78 is 13.0. The van der Waals surface area contributed by atoms with Gasteiger partial charge in [0.15, 0.2) is 0 Å². The number of piperidine rings is 1. The van der Waals surface area contributed by atoms with Gasteiger partial charge in [-0.3, -0.25) is 9.69 Å². The van der Waals surface area contributed by atoms with Gasteiger partial charge in [0.05, 0.1) is 0 Å². The van der Waals surface area contributed by atoms with Crippen LogP contribution in [0.25, 0.3) is 10.8 Å². The van der Waals surface area contributed by atoms with Crippen LogP contribution in [-0.2, 0) is 11.3 Å². The molecule has 1 heterocycles. The van der Waals surface area contributed by atoms with E-state index >= 15 is 0 Å². The van der Waals surface area contributed by atoms with Gasteiger partial charge in [-0.15, -0.1) is 0 Å². The molecule has 4 rings (SSSR count). The zero-order valence-electron chi connectivity index (χ0n) is 16.8. The van der Waals surface area contributed by atoms with Gasteiger partial charge in [-0.2, -0.15) is 0 Å². The standard InChI is InChI=1S/C25H27FN2O/c1-18(23-8-4-6-20-5-2-3-7-24(20)23)28-15-13-21(14-16-28)25(29)27-17-19-9-11-22(26)12-10-19/h2-12,18,21H,13-17H2,1H3,(H,27,29)/t18-/m1/s1. The highest BCUT2D eigenvalue weighted by atomic mass is 19.1. The molecule has 3 aromatic rings. The lowest BCUT2D eigenvalue weighted by Crippen LogP contribution is -2.41. The average molecular weight is 391 g/mol. The summed E-state index contributed by atoms with van der Waals surface area (Å²) in [5, 5.41) is 5.59. The number of carbonyl (C=O) groups excluding carboxylic acids is 1. The van der Waals surface area contributed by atoms with E-state index in [1.807, 2.05) is 0 Å². The molecule has 0 aromatic heterocycles. The van der Waals surface area contributed by atoms with Crippen molar-refractivity contribution in [2.75, 3.05) is 13.1 Å². The molecule has 1 fully saturated rings. The summed E-state index contributed by atoms with van der Waals surface area (Å²) in [7, 11) is 0. The van der Waals surface area contributed by atoms with E-state index in [1.165, 1.54) is 28.5 Å². The molecule has 0 aliphatic carbocycles. The van der Waals surface area contributed by atoms with Crippen LogP contribution in [-0.4, -0.2) is 23.9 Å². The maximum atomic E-state index is 13.0. The molecule has 0 bridgehead atoms. The van der Waals surface area contributed by atoms with Crippen LogP contribution in [0.4, 0.5) is 4.39 Å². The third-order valence-electron chi connectivity index (χ3n) is 6.10. The third-order valence-corrected chi connectivity index (χ3v) is 6.10. The molecule has 150 valence electrons. The minimum absolute atomic E-state index is 0.0476. The average Bonchev–Trinajstić information content (AvgIpc) is 2.78. The Hall–Kier alpha value is -2.72. The van der Waals surface area contributed by atoms with E-state index < -0.39 is 0 Å². The van der Waals surface area contributed by atoms with Crippen LogP contribution in [0.15, 0.2) is 66.7 Å². The maximum Gasteiger partial charge on any atom is 0.223 e. The van der Waals surface area contributed by atoms with Crippen LogP contribution in [0.5, 0.6) is 0 Å². The second kappa shape index (κ2) is 8.75. The summed E-state index contributed by atoms with van der Waals surface area (Å²) in [5.41, 5.74) is 2.27. The van der Waals surface area contributed by atoms with Gasteiger partial charge >= 0.3 is 0 Å². The fourth-order valence-corrected chi connectivity index (χ4v) is 4.30. The van der Waals surface area contributed by atoms with Crippen molar-refractivity contribution < 1.29 is 9.18 Å². The van der Waals surface area contributed by atoms with Crippen molar-refractivity contribution in [1.29, 1.82) is 0 Å². The highest BCUT2D eigenvalue weighted by Crippen LogP contribution is 2.31. The molecule has 0 saturated carbocycles. The van der Waals surface area contributed by atoms with Crippen LogP contribution < -0.4 is 5.32 Å². The second-order valence-corrected chi connectivity index (χ2v) is 7.90. The van der Waals surface area contributed by atoms with Crippen LogP contribution >= 0.6 is 0 Å². The number of halogens is 1. The summed E-state index contributed by atoms with van der Waals surface area (Å²) >= 11 is 0. The van der Waals surface area contributed by atoms with Crippen molar-refractivity contribution in [3.8, 4) is 0 Å². The number of hydrogen-bond acceptors (Lipinski definition) is 2. The Balaban J connectivity index is 1.33. The Bertz CT molecular complexity index is 972.